The molecule has 2 aliphatic rings. The average Bonchev–Trinajstić information content (AvgIpc) is 3.07. The Bertz CT molecular complexity index is 1300. The van der Waals surface area contributed by atoms with Crippen molar-refractivity contribution in [1.82, 2.24) is 4.90 Å². The molecule has 1 saturated heterocycles. The fourth-order valence-corrected chi connectivity index (χ4v) is 5.81. The number of carbonyl (C=O) groups is 4. The zero-order valence-corrected chi connectivity index (χ0v) is 24.8. The van der Waals surface area contributed by atoms with E-state index in [2.05, 4.69) is 5.32 Å². The number of nitrogens with zero attached hydrogens (tertiary/aromatic N) is 2. The van der Waals surface area contributed by atoms with E-state index in [1.54, 1.807) is 43.9 Å². The van der Waals surface area contributed by atoms with Gasteiger partial charge in [-0.3, -0.25) is 4.79 Å². The second kappa shape index (κ2) is 13.0. The van der Waals surface area contributed by atoms with E-state index < -0.39 is 34.6 Å². The van der Waals surface area contributed by atoms with Gasteiger partial charge < -0.3 is 30.6 Å². The maximum atomic E-state index is 14.2. The number of anilines is 1. The van der Waals surface area contributed by atoms with E-state index in [1.807, 2.05) is 30.3 Å². The highest BCUT2D eigenvalue weighted by Gasteiger charge is 2.51. The van der Waals surface area contributed by atoms with Gasteiger partial charge in [0, 0.05) is 44.0 Å². The van der Waals surface area contributed by atoms with Gasteiger partial charge in [0.2, 0.25) is 5.91 Å². The van der Waals surface area contributed by atoms with Crippen LogP contribution in [0.5, 0.6) is 0 Å². The number of nitrogens with two attached hydrogens (primary N) is 1. The van der Waals surface area contributed by atoms with E-state index in [-0.39, 0.29) is 18.4 Å². The Balaban J connectivity index is 1.65. The molecule has 2 aliphatic heterocycles. The van der Waals surface area contributed by atoms with Crippen LogP contribution in [0.15, 0.2) is 48.5 Å². The smallest absolute Gasteiger partial charge is 0.524 e. The number of carboxylic acid groups (broad SMARTS) is 1. The molecule has 226 valence electrons. The van der Waals surface area contributed by atoms with Gasteiger partial charge in [0.15, 0.2) is 0 Å². The van der Waals surface area contributed by atoms with E-state index in [0.717, 1.165) is 12.0 Å². The predicted molar refractivity (Wildman–Crippen MR) is 156 cm³/mol. The van der Waals surface area contributed by atoms with Crippen LogP contribution in [0.25, 0.3) is 0 Å². The van der Waals surface area contributed by atoms with Gasteiger partial charge in [0.25, 0.3) is 0 Å². The molecule has 0 radical (unpaired) electrons. The molecular weight excluding hydrogens is 536 g/mol. The highest BCUT2D eigenvalue weighted by molar-refractivity contribution is 5.96. The number of nitrogens with one attached hydrogen (secondary N) is 1. The van der Waals surface area contributed by atoms with Gasteiger partial charge in [-0.25, -0.2) is 4.79 Å². The third-order valence-electron chi connectivity index (χ3n) is 8.08. The van der Waals surface area contributed by atoms with Crippen molar-refractivity contribution in [3.63, 3.8) is 0 Å². The molecule has 3 N–H and O–H groups in total. The van der Waals surface area contributed by atoms with Crippen LogP contribution < -0.4 is 16.2 Å². The monoisotopic (exact) mass is 578 g/mol. The van der Waals surface area contributed by atoms with Gasteiger partial charge in [0.05, 0.1) is 18.7 Å². The fourth-order valence-electron chi connectivity index (χ4n) is 5.81. The molecule has 0 unspecified atom stereocenters. The number of rotatable bonds is 8. The summed E-state index contributed by atoms with van der Waals surface area (Å²) in [6.45, 7) is 7.10. The van der Waals surface area contributed by atoms with Crippen molar-refractivity contribution >= 4 is 29.6 Å². The summed E-state index contributed by atoms with van der Waals surface area (Å²) in [7, 11) is 0. The lowest BCUT2D eigenvalue weighted by molar-refractivity contribution is -0.784. The molecule has 2 aromatic rings. The molecular formula is C32H42N4O6. The molecule has 1 fully saturated rings. The molecule has 2 heterocycles. The Labute approximate surface area is 247 Å². The maximum Gasteiger partial charge on any atom is 0.524 e. The Morgan fingerprint density at radius 2 is 1.79 bits per heavy atom. The van der Waals surface area contributed by atoms with Crippen LogP contribution in [-0.2, 0) is 27.3 Å². The van der Waals surface area contributed by atoms with Crippen molar-refractivity contribution in [1.29, 1.82) is 0 Å². The highest BCUT2D eigenvalue weighted by Crippen LogP contribution is 2.33. The first-order valence-electron chi connectivity index (χ1n) is 14.7. The summed E-state index contributed by atoms with van der Waals surface area (Å²) in [4.78, 5) is 54.3. The number of imide groups is 1. The minimum absolute atomic E-state index is 0.184. The van der Waals surface area contributed by atoms with Gasteiger partial charge in [0.1, 0.15) is 11.6 Å². The Morgan fingerprint density at radius 3 is 2.40 bits per heavy atom. The summed E-state index contributed by atoms with van der Waals surface area (Å²) in [6, 6.07) is 13.7. The van der Waals surface area contributed by atoms with E-state index in [9.17, 15) is 24.3 Å². The van der Waals surface area contributed by atoms with Crippen molar-refractivity contribution < 1.29 is 33.5 Å². The van der Waals surface area contributed by atoms with Gasteiger partial charge >= 0.3 is 12.0 Å². The molecule has 42 heavy (non-hydrogen) atoms. The van der Waals surface area contributed by atoms with E-state index in [4.69, 9.17) is 10.5 Å². The van der Waals surface area contributed by atoms with Crippen LogP contribution in [0.3, 0.4) is 0 Å². The molecule has 4 rings (SSSR count). The van der Waals surface area contributed by atoms with Crippen LogP contribution in [0, 0.1) is 5.92 Å². The zero-order valence-electron chi connectivity index (χ0n) is 24.8. The predicted octanol–water partition coefficient (Wildman–Crippen LogP) is 2.84. The second-order valence-corrected chi connectivity index (χ2v) is 12.4. The number of likely N-dealkylation sites (tertiary alicyclic amines) is 1. The molecule has 0 aromatic heterocycles. The minimum Gasteiger partial charge on any atom is -0.550 e. The topological polar surface area (TPSA) is 142 Å². The molecule has 0 aliphatic carbocycles. The van der Waals surface area contributed by atoms with Crippen LogP contribution in [-0.4, -0.2) is 71.1 Å². The van der Waals surface area contributed by atoms with E-state index in [1.165, 1.54) is 0 Å². The van der Waals surface area contributed by atoms with Crippen LogP contribution in [0.4, 0.5) is 10.5 Å². The summed E-state index contributed by atoms with van der Waals surface area (Å²) in [6.07, 6.45) is 1.74. The van der Waals surface area contributed by atoms with Crippen LogP contribution in [0.1, 0.15) is 67.9 Å². The highest BCUT2D eigenvalue weighted by atomic mass is 16.6. The Morgan fingerprint density at radius 1 is 1.10 bits per heavy atom. The average molecular weight is 579 g/mol. The number of carboxylic acids is 1. The normalized spacial score (nSPS) is 22.5. The summed E-state index contributed by atoms with van der Waals surface area (Å²) in [5, 5.41) is 14.6. The summed E-state index contributed by atoms with van der Waals surface area (Å²) in [5.41, 5.74) is 7.64. The molecule has 1 atom stereocenters. The van der Waals surface area contributed by atoms with Crippen molar-refractivity contribution in [3.05, 3.63) is 65.2 Å². The van der Waals surface area contributed by atoms with Gasteiger partial charge in [-0.2, -0.15) is 9.28 Å². The number of aliphatic carboxylic acids is 1. The molecule has 0 spiro atoms. The maximum absolute atomic E-state index is 14.2. The van der Waals surface area contributed by atoms with Crippen LogP contribution >= 0.6 is 0 Å². The quantitative estimate of drug-likeness (QED) is 0.456. The number of piperidine rings is 1. The van der Waals surface area contributed by atoms with Crippen molar-refractivity contribution in [2.24, 2.45) is 11.7 Å². The van der Waals surface area contributed by atoms with Gasteiger partial charge in [-0.05, 0) is 75.4 Å². The largest absolute Gasteiger partial charge is 0.550 e. The SMILES string of the molecule is CC(C)(C)OC(=O)[N+]1(C(=O)c2ccc3c(c2)CN(CCc2ccccc2)C(=O)[C@@H](CC(=O)[O-])N3)CCC(CCN)CC1. The summed E-state index contributed by atoms with van der Waals surface area (Å²) in [5.74, 6) is -1.69. The van der Waals surface area contributed by atoms with Gasteiger partial charge in [-0.1, -0.05) is 30.3 Å². The number of hydrogen-bond acceptors (Lipinski definition) is 8. The number of fused-ring (bicyclic) bond motifs is 1. The van der Waals surface area contributed by atoms with Crippen molar-refractivity contribution in [3.8, 4) is 0 Å². The molecule has 3 amide bonds. The number of carbonyl (C=O) groups excluding carboxylic acids is 4. The lowest BCUT2D eigenvalue weighted by Gasteiger charge is -2.39. The fraction of sp³-hybridized carbons (Fsp3) is 0.500. The number of ether oxygens (including phenoxy) is 1. The first-order chi connectivity index (χ1) is 19.9. The lowest BCUT2D eigenvalue weighted by Crippen LogP contribution is -2.61. The van der Waals surface area contributed by atoms with Crippen molar-refractivity contribution in [2.75, 3.05) is 31.5 Å². The van der Waals surface area contributed by atoms with Crippen molar-refractivity contribution in [2.45, 2.75) is 71.1 Å². The Kier molecular flexibility index (Phi) is 9.68. The van der Waals surface area contributed by atoms with Gasteiger partial charge in [-0.15, -0.1) is 0 Å². The number of hydrogen-bond donors (Lipinski definition) is 2. The minimum atomic E-state index is -1.33. The Hall–Kier alpha value is -3.76. The molecule has 2 aromatic carbocycles. The van der Waals surface area contributed by atoms with E-state index >= 15 is 0 Å². The molecule has 10 heteroatoms. The summed E-state index contributed by atoms with van der Waals surface area (Å²) >= 11 is 0. The molecule has 0 bridgehead atoms. The summed E-state index contributed by atoms with van der Waals surface area (Å²) < 4.78 is 5.33. The lowest BCUT2D eigenvalue weighted by atomic mass is 9.91. The third kappa shape index (κ3) is 7.35. The first kappa shape index (κ1) is 31.2. The first-order valence-corrected chi connectivity index (χ1v) is 14.7. The number of quaternary nitrogens is 1. The molecule has 0 saturated carbocycles. The number of amides is 3. The van der Waals surface area contributed by atoms with Crippen LogP contribution in [0.2, 0.25) is 0 Å². The van der Waals surface area contributed by atoms with E-state index in [0.29, 0.717) is 68.2 Å². The second-order valence-electron chi connectivity index (χ2n) is 12.4. The zero-order chi connectivity index (χ0) is 30.5. The molecule has 10 nitrogen and oxygen atoms in total. The number of benzene rings is 2. The standard InChI is InChI=1S/C32H42N4O6/c1-32(2,3)42-31(41)36(17-13-23(11-15-33)14-18-36)30(40)24-9-10-26-25(19-24)21-35(16-12-22-7-5-4-6-8-22)29(39)27(34-26)20-28(37)38/h4-10,19,23,27H,11-18,20-21,33H2,1-3H3,(H-,34,37,38,40)/t23?,27-,36?/m1/s1. The third-order valence-corrected chi connectivity index (χ3v) is 8.08.